The number of hydrogen-bond acceptors (Lipinski definition) is 2. The predicted molar refractivity (Wildman–Crippen MR) is 89.8 cm³/mol. The summed E-state index contributed by atoms with van der Waals surface area (Å²) >= 11 is 1.64. The number of hydrogen-bond donors (Lipinski definition) is 1. The lowest BCUT2D eigenvalue weighted by Crippen LogP contribution is -2.26. The van der Waals surface area contributed by atoms with Gasteiger partial charge in [0.1, 0.15) is 5.82 Å². The Morgan fingerprint density at radius 2 is 1.87 bits per heavy atom. The van der Waals surface area contributed by atoms with Gasteiger partial charge in [-0.2, -0.15) is 0 Å². The molecule has 0 fully saturated rings. The van der Waals surface area contributed by atoms with E-state index in [1.807, 2.05) is 46.6 Å². The van der Waals surface area contributed by atoms with Gasteiger partial charge in [0.15, 0.2) is 0 Å². The van der Waals surface area contributed by atoms with Crippen LogP contribution in [0, 0.1) is 5.82 Å². The fraction of sp³-hybridized carbons (Fsp3) is 0.167. The van der Waals surface area contributed by atoms with E-state index in [0.29, 0.717) is 13.0 Å². The predicted octanol–water partition coefficient (Wildman–Crippen LogP) is 3.98. The van der Waals surface area contributed by atoms with Crippen LogP contribution in [0.15, 0.2) is 66.3 Å². The van der Waals surface area contributed by atoms with Crippen LogP contribution in [-0.4, -0.2) is 10.5 Å². The number of aromatic nitrogens is 1. The van der Waals surface area contributed by atoms with E-state index in [-0.39, 0.29) is 17.8 Å². The minimum Gasteiger partial charge on any atom is -0.352 e. The van der Waals surface area contributed by atoms with Crippen LogP contribution in [0.5, 0.6) is 0 Å². The summed E-state index contributed by atoms with van der Waals surface area (Å²) in [5.74, 6) is -0.299. The number of nitrogens with zero attached hydrogens (tertiary/aromatic N) is 1. The molecule has 1 aromatic carbocycles. The molecular weight excluding hydrogens is 311 g/mol. The molecule has 1 amide bonds. The van der Waals surface area contributed by atoms with E-state index in [9.17, 15) is 9.18 Å². The number of thiophene rings is 1. The minimum atomic E-state index is -0.273. The van der Waals surface area contributed by atoms with Crippen LogP contribution in [-0.2, 0) is 11.3 Å². The van der Waals surface area contributed by atoms with Crippen molar-refractivity contribution in [3.05, 3.63) is 82.6 Å². The van der Waals surface area contributed by atoms with Crippen LogP contribution < -0.4 is 5.32 Å². The number of benzene rings is 1. The Labute approximate surface area is 138 Å². The second-order valence-electron chi connectivity index (χ2n) is 5.27. The molecule has 1 unspecified atom stereocenters. The zero-order chi connectivity index (χ0) is 16.1. The first-order valence-electron chi connectivity index (χ1n) is 7.39. The Balaban J connectivity index is 1.63. The number of rotatable bonds is 6. The van der Waals surface area contributed by atoms with Gasteiger partial charge in [0.25, 0.3) is 0 Å². The largest absolute Gasteiger partial charge is 0.352 e. The van der Waals surface area contributed by atoms with Gasteiger partial charge < -0.3 is 9.88 Å². The molecule has 1 N–H and O–H groups in total. The minimum absolute atomic E-state index is 0.00165. The van der Waals surface area contributed by atoms with Gasteiger partial charge in [-0.25, -0.2) is 4.39 Å². The molecule has 3 nitrogen and oxygen atoms in total. The number of halogens is 1. The average molecular weight is 328 g/mol. The zero-order valence-corrected chi connectivity index (χ0v) is 13.3. The quantitative estimate of drug-likeness (QED) is 0.729. The SMILES string of the molecule is O=C(CC(c1cccs1)n1cccc1)NCc1ccc(F)cc1. The maximum atomic E-state index is 12.9. The number of nitrogens with one attached hydrogen (secondary N) is 1. The topological polar surface area (TPSA) is 34.0 Å². The molecule has 5 heteroatoms. The summed E-state index contributed by atoms with van der Waals surface area (Å²) in [6, 6.07) is 14.1. The molecule has 3 rings (SSSR count). The van der Waals surface area contributed by atoms with Crippen molar-refractivity contribution in [2.24, 2.45) is 0 Å². The summed E-state index contributed by atoms with van der Waals surface area (Å²) in [7, 11) is 0. The van der Waals surface area contributed by atoms with Crippen LogP contribution in [0.2, 0.25) is 0 Å². The Bertz CT molecular complexity index is 702. The van der Waals surface area contributed by atoms with Gasteiger partial charge in [-0.3, -0.25) is 4.79 Å². The van der Waals surface area contributed by atoms with Gasteiger partial charge in [-0.15, -0.1) is 11.3 Å². The molecule has 1 atom stereocenters. The van der Waals surface area contributed by atoms with Crippen molar-refractivity contribution in [2.45, 2.75) is 19.0 Å². The molecular formula is C18H17FN2OS. The Morgan fingerprint density at radius 1 is 1.13 bits per heavy atom. The van der Waals surface area contributed by atoms with Gasteiger partial charge in [0.2, 0.25) is 5.91 Å². The van der Waals surface area contributed by atoms with Gasteiger partial charge in [0, 0.05) is 23.8 Å². The summed E-state index contributed by atoms with van der Waals surface area (Å²) in [6.45, 7) is 0.405. The zero-order valence-electron chi connectivity index (χ0n) is 12.5. The highest BCUT2D eigenvalue weighted by Gasteiger charge is 2.18. The van der Waals surface area contributed by atoms with Crippen molar-refractivity contribution >= 4 is 17.2 Å². The third-order valence-corrected chi connectivity index (χ3v) is 4.61. The average Bonchev–Trinajstić information content (AvgIpc) is 3.25. The van der Waals surface area contributed by atoms with Gasteiger partial charge in [-0.1, -0.05) is 18.2 Å². The van der Waals surface area contributed by atoms with Crippen molar-refractivity contribution in [1.29, 1.82) is 0 Å². The summed E-state index contributed by atoms with van der Waals surface area (Å²) in [6.07, 6.45) is 4.31. The van der Waals surface area contributed by atoms with Gasteiger partial charge in [0.05, 0.1) is 12.5 Å². The van der Waals surface area contributed by atoms with E-state index in [0.717, 1.165) is 10.4 Å². The molecule has 0 radical (unpaired) electrons. The molecule has 23 heavy (non-hydrogen) atoms. The summed E-state index contributed by atoms with van der Waals surface area (Å²) < 4.78 is 14.9. The van der Waals surface area contributed by atoms with Crippen molar-refractivity contribution in [3.63, 3.8) is 0 Å². The van der Waals surface area contributed by atoms with E-state index >= 15 is 0 Å². The monoisotopic (exact) mass is 328 g/mol. The molecule has 0 aliphatic carbocycles. The highest BCUT2D eigenvalue weighted by molar-refractivity contribution is 7.10. The molecule has 0 bridgehead atoms. The number of amides is 1. The molecule has 118 valence electrons. The first kappa shape index (κ1) is 15.5. The summed E-state index contributed by atoms with van der Waals surface area (Å²) in [5.41, 5.74) is 0.883. The summed E-state index contributed by atoms with van der Waals surface area (Å²) in [4.78, 5) is 13.4. The van der Waals surface area contributed by atoms with Crippen LogP contribution >= 0.6 is 11.3 Å². The fourth-order valence-corrected chi connectivity index (χ4v) is 3.27. The Morgan fingerprint density at radius 3 is 2.52 bits per heavy atom. The number of carbonyl (C=O) groups excluding carboxylic acids is 1. The molecule has 0 aliphatic heterocycles. The van der Waals surface area contributed by atoms with Crippen molar-refractivity contribution in [1.82, 2.24) is 9.88 Å². The lowest BCUT2D eigenvalue weighted by atomic mass is 10.1. The Hall–Kier alpha value is -2.40. The molecule has 0 spiro atoms. The van der Waals surface area contributed by atoms with E-state index in [1.54, 1.807) is 23.5 Å². The molecule has 2 heterocycles. The standard InChI is InChI=1S/C18H17FN2OS/c19-15-7-5-14(6-8-15)13-20-18(22)12-16(17-4-3-11-23-17)21-9-1-2-10-21/h1-11,16H,12-13H2,(H,20,22). The molecule has 0 saturated heterocycles. The Kier molecular flexibility index (Phi) is 4.88. The first-order valence-corrected chi connectivity index (χ1v) is 8.27. The van der Waals surface area contributed by atoms with Crippen molar-refractivity contribution in [2.75, 3.05) is 0 Å². The lowest BCUT2D eigenvalue weighted by Gasteiger charge is -2.17. The lowest BCUT2D eigenvalue weighted by molar-refractivity contribution is -0.121. The van der Waals surface area contributed by atoms with Gasteiger partial charge in [-0.05, 0) is 41.3 Å². The fourth-order valence-electron chi connectivity index (χ4n) is 2.44. The summed E-state index contributed by atoms with van der Waals surface area (Å²) in [5, 5.41) is 4.92. The van der Waals surface area contributed by atoms with E-state index in [1.165, 1.54) is 12.1 Å². The van der Waals surface area contributed by atoms with Crippen LogP contribution in [0.25, 0.3) is 0 Å². The highest BCUT2D eigenvalue weighted by Crippen LogP contribution is 2.26. The third-order valence-electron chi connectivity index (χ3n) is 3.64. The maximum absolute atomic E-state index is 12.9. The van der Waals surface area contributed by atoms with Crippen LogP contribution in [0.1, 0.15) is 22.9 Å². The molecule has 2 aromatic heterocycles. The molecule has 0 saturated carbocycles. The van der Waals surface area contributed by atoms with Crippen molar-refractivity contribution < 1.29 is 9.18 Å². The third kappa shape index (κ3) is 4.07. The second-order valence-corrected chi connectivity index (χ2v) is 6.25. The van der Waals surface area contributed by atoms with Crippen LogP contribution in [0.4, 0.5) is 4.39 Å². The van der Waals surface area contributed by atoms with Crippen LogP contribution in [0.3, 0.4) is 0 Å². The number of carbonyl (C=O) groups is 1. The van der Waals surface area contributed by atoms with Gasteiger partial charge >= 0.3 is 0 Å². The first-order chi connectivity index (χ1) is 11.2. The van der Waals surface area contributed by atoms with E-state index in [4.69, 9.17) is 0 Å². The maximum Gasteiger partial charge on any atom is 0.222 e. The molecule has 0 aliphatic rings. The van der Waals surface area contributed by atoms with E-state index < -0.39 is 0 Å². The smallest absolute Gasteiger partial charge is 0.222 e. The molecule has 3 aromatic rings. The highest BCUT2D eigenvalue weighted by atomic mass is 32.1. The van der Waals surface area contributed by atoms with Crippen molar-refractivity contribution in [3.8, 4) is 0 Å². The normalized spacial score (nSPS) is 12.0. The second kappa shape index (κ2) is 7.24. The van der Waals surface area contributed by atoms with E-state index in [2.05, 4.69) is 5.32 Å².